The number of aliphatic hydroxyl groups is 1. The first-order valence-electron chi connectivity index (χ1n) is 9.79. The number of nitrogens with zero attached hydrogens (tertiary/aromatic N) is 2. The van der Waals surface area contributed by atoms with E-state index in [2.05, 4.69) is 33.4 Å². The Bertz CT molecular complexity index is 943. The van der Waals surface area contributed by atoms with Crippen molar-refractivity contribution in [3.63, 3.8) is 0 Å². The highest BCUT2D eigenvalue weighted by atomic mass is 19.1. The van der Waals surface area contributed by atoms with Crippen molar-refractivity contribution in [2.45, 2.75) is 25.0 Å². The van der Waals surface area contributed by atoms with Crippen LogP contribution in [0, 0.1) is 11.7 Å². The van der Waals surface area contributed by atoms with Gasteiger partial charge in [-0.2, -0.15) is 0 Å². The molecule has 3 atom stereocenters. The van der Waals surface area contributed by atoms with Crippen molar-refractivity contribution >= 4 is 10.9 Å². The number of para-hydroxylation sites is 1. The quantitative estimate of drug-likeness (QED) is 0.688. The van der Waals surface area contributed by atoms with Gasteiger partial charge >= 0.3 is 0 Å². The number of hydrogen-bond donors (Lipinski definition) is 2. The van der Waals surface area contributed by atoms with Crippen LogP contribution >= 0.6 is 0 Å². The second-order valence-corrected chi connectivity index (χ2v) is 7.59. The van der Waals surface area contributed by atoms with Gasteiger partial charge in [-0.05, 0) is 37.1 Å². The number of benzene rings is 2. The molecule has 2 aromatic carbocycles. The van der Waals surface area contributed by atoms with E-state index in [-0.39, 0.29) is 30.4 Å². The van der Waals surface area contributed by atoms with Crippen molar-refractivity contribution in [1.82, 2.24) is 15.2 Å². The van der Waals surface area contributed by atoms with Crippen molar-refractivity contribution in [3.8, 4) is 0 Å². The van der Waals surface area contributed by atoms with E-state index in [1.54, 1.807) is 6.07 Å². The number of likely N-dealkylation sites (N-methyl/N-ethyl adjacent to an activating group) is 1. The fraction of sp³-hybridized carbons (Fsp3) is 0.348. The number of nitrogens with one attached hydrogen (secondary N) is 1. The Balaban J connectivity index is 1.50. The van der Waals surface area contributed by atoms with E-state index in [1.807, 2.05) is 37.5 Å². The summed E-state index contributed by atoms with van der Waals surface area (Å²) in [7, 11) is 1.98. The molecule has 0 aliphatic carbocycles. The van der Waals surface area contributed by atoms with Crippen LogP contribution < -0.4 is 5.32 Å². The predicted octanol–water partition coefficient (Wildman–Crippen LogP) is 3.52. The van der Waals surface area contributed by atoms with Crippen LogP contribution in [-0.4, -0.2) is 41.2 Å². The van der Waals surface area contributed by atoms with Gasteiger partial charge in [0.2, 0.25) is 0 Å². The molecule has 0 unspecified atom stereocenters. The normalized spacial score (nSPS) is 22.8. The molecule has 0 spiro atoms. The molecule has 0 amide bonds. The minimum absolute atomic E-state index is 0.0449. The van der Waals surface area contributed by atoms with Gasteiger partial charge in [-0.25, -0.2) is 4.39 Å². The van der Waals surface area contributed by atoms with E-state index in [4.69, 9.17) is 0 Å². The summed E-state index contributed by atoms with van der Waals surface area (Å²) >= 11 is 0. The number of halogens is 1. The fourth-order valence-electron chi connectivity index (χ4n) is 4.49. The number of aliphatic hydroxyl groups excluding tert-OH is 1. The molecule has 2 heterocycles. The fourth-order valence-corrected chi connectivity index (χ4v) is 4.49. The first kappa shape index (κ1) is 19.0. The molecule has 146 valence electrons. The average molecular weight is 379 g/mol. The van der Waals surface area contributed by atoms with E-state index in [0.29, 0.717) is 12.1 Å². The van der Waals surface area contributed by atoms with Gasteiger partial charge in [0.25, 0.3) is 0 Å². The van der Waals surface area contributed by atoms with Crippen LogP contribution in [0.2, 0.25) is 0 Å². The third-order valence-electron chi connectivity index (χ3n) is 5.91. The van der Waals surface area contributed by atoms with Crippen molar-refractivity contribution in [2.24, 2.45) is 5.92 Å². The van der Waals surface area contributed by atoms with Crippen molar-refractivity contribution in [1.29, 1.82) is 0 Å². The summed E-state index contributed by atoms with van der Waals surface area (Å²) in [6, 6.07) is 17.2. The highest BCUT2D eigenvalue weighted by Crippen LogP contribution is 2.40. The first-order valence-corrected chi connectivity index (χ1v) is 9.79. The summed E-state index contributed by atoms with van der Waals surface area (Å²) in [5, 5.41) is 14.4. The standard InChI is InChI=1S/C23H26FN3O/c1-27-19(15-28)12-18(23(27)20-9-2-3-10-21(20)24)14-25-13-17-7-4-6-16-8-5-11-26-22(16)17/h2-11,18-19,23,25,28H,12-15H2,1H3/t18-,19+,23-/m1/s1. The van der Waals surface area contributed by atoms with Crippen LogP contribution in [0.15, 0.2) is 60.8 Å². The molecule has 2 N–H and O–H groups in total. The summed E-state index contributed by atoms with van der Waals surface area (Å²) in [6.07, 6.45) is 2.66. The molecule has 0 saturated carbocycles. The lowest BCUT2D eigenvalue weighted by atomic mass is 9.92. The van der Waals surface area contributed by atoms with E-state index in [9.17, 15) is 9.50 Å². The minimum atomic E-state index is -0.179. The highest BCUT2D eigenvalue weighted by Gasteiger charge is 2.40. The molecule has 1 saturated heterocycles. The minimum Gasteiger partial charge on any atom is -0.395 e. The molecule has 1 aliphatic heterocycles. The Morgan fingerprint density at radius 1 is 1.14 bits per heavy atom. The van der Waals surface area contributed by atoms with Crippen molar-refractivity contribution in [3.05, 3.63) is 77.7 Å². The molecule has 28 heavy (non-hydrogen) atoms. The number of hydrogen-bond acceptors (Lipinski definition) is 4. The van der Waals surface area contributed by atoms with E-state index in [1.165, 1.54) is 6.07 Å². The second-order valence-electron chi connectivity index (χ2n) is 7.59. The van der Waals surface area contributed by atoms with Crippen LogP contribution in [-0.2, 0) is 6.54 Å². The van der Waals surface area contributed by atoms with Crippen molar-refractivity contribution in [2.75, 3.05) is 20.2 Å². The molecular formula is C23H26FN3O. The lowest BCUT2D eigenvalue weighted by Crippen LogP contribution is -2.32. The largest absolute Gasteiger partial charge is 0.395 e. The smallest absolute Gasteiger partial charge is 0.127 e. The second kappa shape index (κ2) is 8.35. The number of rotatable bonds is 6. The van der Waals surface area contributed by atoms with E-state index < -0.39 is 0 Å². The van der Waals surface area contributed by atoms with Crippen molar-refractivity contribution < 1.29 is 9.50 Å². The average Bonchev–Trinajstić information content (AvgIpc) is 3.04. The van der Waals surface area contributed by atoms with Gasteiger partial charge in [0.15, 0.2) is 0 Å². The molecule has 0 bridgehead atoms. The van der Waals surface area contributed by atoms with Gasteiger partial charge in [-0.15, -0.1) is 0 Å². The Hall–Kier alpha value is -2.34. The van der Waals surface area contributed by atoms with E-state index in [0.717, 1.165) is 29.4 Å². The zero-order chi connectivity index (χ0) is 19.5. The zero-order valence-electron chi connectivity index (χ0n) is 16.1. The van der Waals surface area contributed by atoms with Gasteiger partial charge < -0.3 is 10.4 Å². The molecule has 1 aliphatic rings. The molecular weight excluding hydrogens is 353 g/mol. The maximum Gasteiger partial charge on any atom is 0.127 e. The maximum absolute atomic E-state index is 14.5. The van der Waals surface area contributed by atoms with Gasteiger partial charge in [0.1, 0.15) is 5.82 Å². The third kappa shape index (κ3) is 3.65. The molecule has 4 nitrogen and oxygen atoms in total. The van der Waals surface area contributed by atoms with Crippen LogP contribution in [0.4, 0.5) is 4.39 Å². The molecule has 0 radical (unpaired) electrons. The maximum atomic E-state index is 14.5. The number of fused-ring (bicyclic) bond motifs is 1. The highest BCUT2D eigenvalue weighted by molar-refractivity contribution is 5.81. The summed E-state index contributed by atoms with van der Waals surface area (Å²) in [5.41, 5.74) is 2.88. The Morgan fingerprint density at radius 3 is 2.79 bits per heavy atom. The van der Waals surface area contributed by atoms with Crippen LogP contribution in [0.1, 0.15) is 23.6 Å². The lowest BCUT2D eigenvalue weighted by molar-refractivity contribution is 0.151. The topological polar surface area (TPSA) is 48.4 Å². The molecule has 3 aromatic rings. The van der Waals surface area contributed by atoms with Crippen LogP contribution in [0.5, 0.6) is 0 Å². The zero-order valence-corrected chi connectivity index (χ0v) is 16.1. The Kier molecular flexibility index (Phi) is 5.67. The van der Waals surface area contributed by atoms with Gasteiger partial charge in [0.05, 0.1) is 12.1 Å². The summed E-state index contributed by atoms with van der Waals surface area (Å²) in [4.78, 5) is 6.63. The number of aromatic nitrogens is 1. The number of likely N-dealkylation sites (tertiary alicyclic amines) is 1. The molecule has 1 fully saturated rings. The predicted molar refractivity (Wildman–Crippen MR) is 109 cm³/mol. The van der Waals surface area contributed by atoms with Crippen LogP contribution in [0.3, 0.4) is 0 Å². The first-order chi connectivity index (χ1) is 13.7. The third-order valence-corrected chi connectivity index (χ3v) is 5.91. The molecule has 5 heteroatoms. The molecule has 1 aromatic heterocycles. The monoisotopic (exact) mass is 379 g/mol. The lowest BCUT2D eigenvalue weighted by Gasteiger charge is -2.28. The SMILES string of the molecule is CN1[C@H](CO)C[C@H](CNCc2cccc3cccnc23)[C@@H]1c1ccccc1F. The van der Waals surface area contributed by atoms with Gasteiger partial charge in [0, 0.05) is 42.3 Å². The summed E-state index contributed by atoms with van der Waals surface area (Å²) in [6.45, 7) is 1.55. The summed E-state index contributed by atoms with van der Waals surface area (Å²) < 4.78 is 14.5. The summed E-state index contributed by atoms with van der Waals surface area (Å²) in [5.74, 6) is 0.0446. The van der Waals surface area contributed by atoms with Gasteiger partial charge in [-0.1, -0.05) is 42.5 Å². The van der Waals surface area contributed by atoms with E-state index >= 15 is 0 Å². The number of pyridine rings is 1. The Morgan fingerprint density at radius 2 is 1.96 bits per heavy atom. The molecule has 4 rings (SSSR count). The van der Waals surface area contributed by atoms with Crippen LogP contribution in [0.25, 0.3) is 10.9 Å². The van der Waals surface area contributed by atoms with Gasteiger partial charge in [-0.3, -0.25) is 9.88 Å². The Labute approximate surface area is 165 Å².